The lowest BCUT2D eigenvalue weighted by atomic mass is 10.2. The first-order valence-electron chi connectivity index (χ1n) is 5.64. The molecule has 1 aliphatic heterocycles. The summed E-state index contributed by atoms with van der Waals surface area (Å²) in [7, 11) is 0. The number of carbonyl (C=O) groups excluding carboxylic acids is 2. The second-order valence-corrected chi connectivity index (χ2v) is 4.01. The number of piperazine rings is 1. The molecular weight excluding hydrogens is 218 g/mol. The summed E-state index contributed by atoms with van der Waals surface area (Å²) in [6.07, 6.45) is 1.61. The number of carbonyl (C=O) groups is 2. The molecule has 0 aliphatic carbocycles. The largest absolute Gasteiger partial charge is 0.339 e. The first-order valence-corrected chi connectivity index (χ1v) is 5.64. The van der Waals surface area contributed by atoms with Crippen LogP contribution in [0.3, 0.4) is 0 Å². The van der Waals surface area contributed by atoms with Crippen molar-refractivity contribution < 1.29 is 9.59 Å². The number of nitrogens with zero attached hydrogens (tertiary/aromatic N) is 3. The maximum atomic E-state index is 12.0. The van der Waals surface area contributed by atoms with Gasteiger partial charge in [-0.3, -0.25) is 14.6 Å². The van der Waals surface area contributed by atoms with Gasteiger partial charge >= 0.3 is 0 Å². The van der Waals surface area contributed by atoms with E-state index in [9.17, 15) is 9.59 Å². The van der Waals surface area contributed by atoms with Gasteiger partial charge in [0.25, 0.3) is 5.91 Å². The van der Waals surface area contributed by atoms with Gasteiger partial charge in [0.1, 0.15) is 5.69 Å². The van der Waals surface area contributed by atoms with Crippen molar-refractivity contribution in [3.8, 4) is 0 Å². The Hall–Kier alpha value is -1.91. The highest BCUT2D eigenvalue weighted by Crippen LogP contribution is 2.06. The van der Waals surface area contributed by atoms with Crippen LogP contribution in [0.15, 0.2) is 24.4 Å². The van der Waals surface area contributed by atoms with E-state index in [2.05, 4.69) is 4.98 Å². The topological polar surface area (TPSA) is 53.5 Å². The van der Waals surface area contributed by atoms with Gasteiger partial charge in [-0.25, -0.2) is 0 Å². The van der Waals surface area contributed by atoms with Gasteiger partial charge in [0.2, 0.25) is 5.91 Å². The fourth-order valence-electron chi connectivity index (χ4n) is 1.88. The Morgan fingerprint density at radius 1 is 1.12 bits per heavy atom. The van der Waals surface area contributed by atoms with Gasteiger partial charge in [-0.2, -0.15) is 0 Å². The van der Waals surface area contributed by atoms with Crippen LogP contribution in [0.2, 0.25) is 0 Å². The minimum absolute atomic E-state index is 0.0613. The molecule has 1 fully saturated rings. The SMILES string of the molecule is CC(=O)N1CCN(C(=O)c2ccccn2)CC1. The Balaban J connectivity index is 1.98. The van der Waals surface area contributed by atoms with Crippen molar-refractivity contribution in [2.45, 2.75) is 6.92 Å². The highest BCUT2D eigenvalue weighted by Gasteiger charge is 2.23. The lowest BCUT2D eigenvalue weighted by Crippen LogP contribution is -2.50. The second-order valence-electron chi connectivity index (χ2n) is 4.01. The Bertz CT molecular complexity index is 411. The normalized spacial score (nSPS) is 15.8. The lowest BCUT2D eigenvalue weighted by Gasteiger charge is -2.33. The van der Waals surface area contributed by atoms with Crippen molar-refractivity contribution in [2.24, 2.45) is 0 Å². The summed E-state index contributed by atoms with van der Waals surface area (Å²) < 4.78 is 0. The van der Waals surface area contributed by atoms with E-state index < -0.39 is 0 Å². The van der Waals surface area contributed by atoms with Crippen LogP contribution in [0.5, 0.6) is 0 Å². The third-order valence-corrected chi connectivity index (χ3v) is 2.90. The number of amides is 2. The van der Waals surface area contributed by atoms with Crippen molar-refractivity contribution in [1.82, 2.24) is 14.8 Å². The summed E-state index contributed by atoms with van der Waals surface area (Å²) >= 11 is 0. The second kappa shape index (κ2) is 4.95. The zero-order chi connectivity index (χ0) is 12.3. The third-order valence-electron chi connectivity index (χ3n) is 2.90. The van der Waals surface area contributed by atoms with Crippen molar-refractivity contribution in [1.29, 1.82) is 0 Å². The van der Waals surface area contributed by atoms with E-state index >= 15 is 0 Å². The summed E-state index contributed by atoms with van der Waals surface area (Å²) in [5.74, 6) is 0.00346. The van der Waals surface area contributed by atoms with E-state index in [-0.39, 0.29) is 11.8 Å². The molecule has 0 aromatic carbocycles. The maximum Gasteiger partial charge on any atom is 0.272 e. The maximum absolute atomic E-state index is 12.0. The highest BCUT2D eigenvalue weighted by molar-refractivity contribution is 5.92. The molecule has 1 aromatic rings. The molecule has 5 heteroatoms. The molecule has 0 atom stereocenters. The molecule has 0 N–H and O–H groups in total. The number of hydrogen-bond acceptors (Lipinski definition) is 3. The quantitative estimate of drug-likeness (QED) is 0.705. The lowest BCUT2D eigenvalue weighted by molar-refractivity contribution is -0.130. The van der Waals surface area contributed by atoms with Crippen LogP contribution in [0.4, 0.5) is 0 Å². The summed E-state index contributed by atoms with van der Waals surface area (Å²) in [6.45, 7) is 3.92. The molecule has 0 spiro atoms. The molecule has 0 bridgehead atoms. The smallest absolute Gasteiger partial charge is 0.272 e. The number of aromatic nitrogens is 1. The minimum atomic E-state index is -0.0613. The fraction of sp³-hybridized carbons (Fsp3) is 0.417. The summed E-state index contributed by atoms with van der Waals surface area (Å²) in [5, 5.41) is 0. The summed E-state index contributed by atoms with van der Waals surface area (Å²) in [5.41, 5.74) is 0.462. The average Bonchev–Trinajstić information content (AvgIpc) is 2.39. The molecule has 0 saturated carbocycles. The summed E-state index contributed by atoms with van der Waals surface area (Å²) in [4.78, 5) is 30.7. The third kappa shape index (κ3) is 2.61. The molecule has 90 valence electrons. The molecule has 2 amide bonds. The van der Waals surface area contributed by atoms with E-state index in [1.54, 1.807) is 41.1 Å². The monoisotopic (exact) mass is 233 g/mol. The predicted molar refractivity (Wildman–Crippen MR) is 62.4 cm³/mol. The van der Waals surface area contributed by atoms with Crippen LogP contribution in [0, 0.1) is 0 Å². The number of hydrogen-bond donors (Lipinski definition) is 0. The molecular formula is C12H15N3O2. The van der Waals surface area contributed by atoms with E-state index in [1.165, 1.54) is 0 Å². The predicted octanol–water partition coefficient (Wildman–Crippen LogP) is 0.386. The van der Waals surface area contributed by atoms with E-state index in [0.29, 0.717) is 31.9 Å². The zero-order valence-electron chi connectivity index (χ0n) is 9.80. The molecule has 1 aromatic heterocycles. The van der Waals surface area contributed by atoms with Gasteiger partial charge in [-0.05, 0) is 12.1 Å². The molecule has 17 heavy (non-hydrogen) atoms. The van der Waals surface area contributed by atoms with Gasteiger partial charge in [0.15, 0.2) is 0 Å². The molecule has 0 radical (unpaired) electrons. The first kappa shape index (κ1) is 11.6. The van der Waals surface area contributed by atoms with Crippen LogP contribution in [-0.2, 0) is 4.79 Å². The molecule has 2 rings (SSSR count). The highest BCUT2D eigenvalue weighted by atomic mass is 16.2. The van der Waals surface area contributed by atoms with E-state index in [1.807, 2.05) is 0 Å². The number of pyridine rings is 1. The molecule has 1 aliphatic rings. The molecule has 1 saturated heterocycles. The molecule has 5 nitrogen and oxygen atoms in total. The van der Waals surface area contributed by atoms with Crippen LogP contribution >= 0.6 is 0 Å². The van der Waals surface area contributed by atoms with Crippen LogP contribution in [0.1, 0.15) is 17.4 Å². The Morgan fingerprint density at radius 2 is 1.76 bits per heavy atom. The first-order chi connectivity index (χ1) is 8.18. The van der Waals surface area contributed by atoms with Crippen LogP contribution in [0.25, 0.3) is 0 Å². The zero-order valence-corrected chi connectivity index (χ0v) is 9.80. The fourth-order valence-corrected chi connectivity index (χ4v) is 1.88. The van der Waals surface area contributed by atoms with Crippen molar-refractivity contribution in [3.05, 3.63) is 30.1 Å². The average molecular weight is 233 g/mol. The van der Waals surface area contributed by atoms with Gasteiger partial charge in [-0.1, -0.05) is 6.07 Å². The molecule has 0 unspecified atom stereocenters. The minimum Gasteiger partial charge on any atom is -0.339 e. The Labute approximate surface area is 100 Å². The van der Waals surface area contributed by atoms with Crippen LogP contribution in [-0.4, -0.2) is 52.8 Å². The van der Waals surface area contributed by atoms with Gasteiger partial charge in [-0.15, -0.1) is 0 Å². The van der Waals surface area contributed by atoms with Gasteiger partial charge < -0.3 is 9.80 Å². The van der Waals surface area contributed by atoms with E-state index in [0.717, 1.165) is 0 Å². The van der Waals surface area contributed by atoms with Crippen molar-refractivity contribution in [3.63, 3.8) is 0 Å². The van der Waals surface area contributed by atoms with Gasteiger partial charge in [0, 0.05) is 39.3 Å². The van der Waals surface area contributed by atoms with Crippen LogP contribution < -0.4 is 0 Å². The standard InChI is InChI=1S/C12H15N3O2/c1-10(16)14-6-8-15(9-7-14)12(17)11-4-2-3-5-13-11/h2-5H,6-9H2,1H3. The Kier molecular flexibility index (Phi) is 3.37. The summed E-state index contributed by atoms with van der Waals surface area (Å²) in [6, 6.07) is 5.29. The van der Waals surface area contributed by atoms with Crippen molar-refractivity contribution in [2.75, 3.05) is 26.2 Å². The van der Waals surface area contributed by atoms with E-state index in [4.69, 9.17) is 0 Å². The Morgan fingerprint density at radius 3 is 2.29 bits per heavy atom. The number of rotatable bonds is 1. The van der Waals surface area contributed by atoms with Gasteiger partial charge in [0.05, 0.1) is 0 Å². The van der Waals surface area contributed by atoms with Crippen molar-refractivity contribution >= 4 is 11.8 Å². The molecule has 2 heterocycles.